The average Bonchev–Trinajstić information content (AvgIpc) is 3.07. The Morgan fingerprint density at radius 2 is 2.12 bits per heavy atom. The summed E-state index contributed by atoms with van der Waals surface area (Å²) in [5.41, 5.74) is 6.52. The highest BCUT2D eigenvalue weighted by Gasteiger charge is 2.32. The molecule has 1 saturated carbocycles. The van der Waals surface area contributed by atoms with Gasteiger partial charge in [-0.1, -0.05) is 18.2 Å². The van der Waals surface area contributed by atoms with E-state index < -0.39 is 0 Å². The fourth-order valence-electron chi connectivity index (χ4n) is 2.23. The predicted molar refractivity (Wildman–Crippen MR) is 63.4 cm³/mol. The van der Waals surface area contributed by atoms with Gasteiger partial charge in [-0.15, -0.1) is 0 Å². The zero-order valence-electron chi connectivity index (χ0n) is 9.70. The van der Waals surface area contributed by atoms with E-state index in [1.54, 1.807) is 6.07 Å². The van der Waals surface area contributed by atoms with E-state index in [2.05, 4.69) is 4.90 Å². The van der Waals surface area contributed by atoms with Crippen LogP contribution < -0.4 is 5.73 Å². The number of nitrogens with zero attached hydrogens (tertiary/aromatic N) is 1. The molecule has 1 aromatic carbocycles. The molecule has 0 saturated heterocycles. The number of rotatable bonds is 5. The summed E-state index contributed by atoms with van der Waals surface area (Å²) >= 11 is 0. The van der Waals surface area contributed by atoms with Gasteiger partial charge in [-0.3, -0.25) is 4.90 Å². The predicted octanol–water partition coefficient (Wildman–Crippen LogP) is 1.99. The van der Waals surface area contributed by atoms with Gasteiger partial charge in [0, 0.05) is 24.7 Å². The molecule has 1 fully saturated rings. The summed E-state index contributed by atoms with van der Waals surface area (Å²) in [5, 5.41) is 0. The number of benzene rings is 1. The molecule has 3 heteroatoms. The van der Waals surface area contributed by atoms with Crippen molar-refractivity contribution in [2.75, 3.05) is 13.6 Å². The fraction of sp³-hybridized carbons (Fsp3) is 0.538. The Labute approximate surface area is 96.2 Å². The molecule has 0 aromatic heterocycles. The van der Waals surface area contributed by atoms with Crippen molar-refractivity contribution in [2.24, 2.45) is 11.7 Å². The zero-order chi connectivity index (χ0) is 11.5. The van der Waals surface area contributed by atoms with Crippen LogP contribution in [-0.2, 0) is 6.54 Å². The largest absolute Gasteiger partial charge is 0.329 e. The number of halogens is 1. The van der Waals surface area contributed by atoms with Crippen LogP contribution in [0, 0.1) is 11.7 Å². The molecule has 1 atom stereocenters. The van der Waals surface area contributed by atoms with Crippen LogP contribution in [0.15, 0.2) is 24.3 Å². The van der Waals surface area contributed by atoms with Crippen LogP contribution in [0.5, 0.6) is 0 Å². The minimum absolute atomic E-state index is 0.124. The van der Waals surface area contributed by atoms with Crippen LogP contribution >= 0.6 is 0 Å². The second-order valence-corrected chi connectivity index (χ2v) is 4.65. The van der Waals surface area contributed by atoms with E-state index in [0.29, 0.717) is 19.1 Å². The van der Waals surface area contributed by atoms with Crippen LogP contribution in [0.25, 0.3) is 0 Å². The van der Waals surface area contributed by atoms with Gasteiger partial charge in [0.2, 0.25) is 0 Å². The molecule has 2 rings (SSSR count). The third-order valence-electron chi connectivity index (χ3n) is 3.35. The Hall–Kier alpha value is -0.930. The average molecular weight is 222 g/mol. The third-order valence-corrected chi connectivity index (χ3v) is 3.35. The lowest BCUT2D eigenvalue weighted by Crippen LogP contribution is -2.39. The van der Waals surface area contributed by atoms with Crippen LogP contribution in [0.1, 0.15) is 18.4 Å². The molecule has 0 bridgehead atoms. The molecule has 2 N–H and O–H groups in total. The quantitative estimate of drug-likeness (QED) is 0.825. The Bertz CT molecular complexity index is 350. The second-order valence-electron chi connectivity index (χ2n) is 4.65. The molecule has 0 amide bonds. The SMILES string of the molecule is CN(Cc1ccccc1F)C(CN)C1CC1. The molecule has 1 aliphatic carbocycles. The smallest absolute Gasteiger partial charge is 0.127 e. The number of likely N-dealkylation sites (N-methyl/N-ethyl adjacent to an activating group) is 1. The van der Waals surface area contributed by atoms with Crippen molar-refractivity contribution in [1.29, 1.82) is 0 Å². The van der Waals surface area contributed by atoms with Gasteiger partial charge in [-0.25, -0.2) is 4.39 Å². The molecule has 1 aliphatic rings. The summed E-state index contributed by atoms with van der Waals surface area (Å²) in [5.74, 6) is 0.600. The topological polar surface area (TPSA) is 29.3 Å². The molecule has 0 spiro atoms. The molecule has 1 unspecified atom stereocenters. The Balaban J connectivity index is 2.00. The van der Waals surface area contributed by atoms with Crippen LogP contribution in [-0.4, -0.2) is 24.5 Å². The molecular formula is C13H19FN2. The maximum Gasteiger partial charge on any atom is 0.127 e. The Morgan fingerprint density at radius 1 is 1.44 bits per heavy atom. The lowest BCUT2D eigenvalue weighted by Gasteiger charge is -2.27. The van der Waals surface area contributed by atoms with Gasteiger partial charge < -0.3 is 5.73 Å². The van der Waals surface area contributed by atoms with E-state index >= 15 is 0 Å². The van der Waals surface area contributed by atoms with Crippen molar-refractivity contribution in [3.63, 3.8) is 0 Å². The first-order chi connectivity index (χ1) is 7.72. The van der Waals surface area contributed by atoms with Gasteiger partial charge in [-0.05, 0) is 31.9 Å². The highest BCUT2D eigenvalue weighted by molar-refractivity contribution is 5.17. The summed E-state index contributed by atoms with van der Waals surface area (Å²) in [6, 6.07) is 7.35. The molecular weight excluding hydrogens is 203 g/mol. The number of nitrogens with two attached hydrogens (primary N) is 1. The summed E-state index contributed by atoms with van der Waals surface area (Å²) < 4.78 is 13.5. The van der Waals surface area contributed by atoms with Gasteiger partial charge in [0.1, 0.15) is 5.82 Å². The standard InChI is InChI=1S/C13H19FN2/c1-16(13(8-15)10-6-7-10)9-11-4-2-3-5-12(11)14/h2-5,10,13H,6-9,15H2,1H3. The molecule has 0 radical (unpaired) electrons. The van der Waals surface area contributed by atoms with Crippen molar-refractivity contribution in [2.45, 2.75) is 25.4 Å². The van der Waals surface area contributed by atoms with E-state index in [9.17, 15) is 4.39 Å². The van der Waals surface area contributed by atoms with E-state index in [-0.39, 0.29) is 5.82 Å². The Kier molecular flexibility index (Phi) is 3.56. The molecule has 2 nitrogen and oxygen atoms in total. The summed E-state index contributed by atoms with van der Waals surface area (Å²) in [6.45, 7) is 1.31. The van der Waals surface area contributed by atoms with Gasteiger partial charge >= 0.3 is 0 Å². The van der Waals surface area contributed by atoms with E-state index in [0.717, 1.165) is 11.5 Å². The van der Waals surface area contributed by atoms with E-state index in [1.807, 2.05) is 19.2 Å². The Morgan fingerprint density at radius 3 is 2.69 bits per heavy atom. The van der Waals surface area contributed by atoms with Crippen molar-refractivity contribution in [3.8, 4) is 0 Å². The minimum atomic E-state index is -0.124. The van der Waals surface area contributed by atoms with Crippen LogP contribution in [0.4, 0.5) is 4.39 Å². The van der Waals surface area contributed by atoms with Crippen molar-refractivity contribution >= 4 is 0 Å². The van der Waals surface area contributed by atoms with Gasteiger partial charge in [0.25, 0.3) is 0 Å². The summed E-state index contributed by atoms with van der Waals surface area (Å²) in [4.78, 5) is 2.18. The first-order valence-electron chi connectivity index (χ1n) is 5.86. The summed E-state index contributed by atoms with van der Waals surface area (Å²) in [7, 11) is 2.03. The van der Waals surface area contributed by atoms with Crippen LogP contribution in [0.3, 0.4) is 0 Å². The molecule has 16 heavy (non-hydrogen) atoms. The zero-order valence-corrected chi connectivity index (χ0v) is 9.70. The van der Waals surface area contributed by atoms with Gasteiger partial charge in [0.15, 0.2) is 0 Å². The summed E-state index contributed by atoms with van der Waals surface area (Å²) in [6.07, 6.45) is 2.53. The number of hydrogen-bond donors (Lipinski definition) is 1. The van der Waals surface area contributed by atoms with Crippen LogP contribution in [0.2, 0.25) is 0 Å². The lowest BCUT2D eigenvalue weighted by molar-refractivity contribution is 0.213. The first kappa shape index (κ1) is 11.6. The highest BCUT2D eigenvalue weighted by atomic mass is 19.1. The van der Waals surface area contributed by atoms with Gasteiger partial charge in [-0.2, -0.15) is 0 Å². The van der Waals surface area contributed by atoms with Crippen molar-refractivity contribution in [1.82, 2.24) is 4.90 Å². The minimum Gasteiger partial charge on any atom is -0.329 e. The highest BCUT2D eigenvalue weighted by Crippen LogP contribution is 2.34. The molecule has 0 aliphatic heterocycles. The maximum atomic E-state index is 13.5. The first-order valence-corrected chi connectivity index (χ1v) is 5.86. The van der Waals surface area contributed by atoms with E-state index in [4.69, 9.17) is 5.73 Å². The van der Waals surface area contributed by atoms with Crippen molar-refractivity contribution < 1.29 is 4.39 Å². The maximum absolute atomic E-state index is 13.5. The van der Waals surface area contributed by atoms with E-state index in [1.165, 1.54) is 18.9 Å². The molecule has 1 aromatic rings. The normalized spacial score (nSPS) is 17.8. The second kappa shape index (κ2) is 4.93. The van der Waals surface area contributed by atoms with Gasteiger partial charge in [0.05, 0.1) is 0 Å². The number of hydrogen-bond acceptors (Lipinski definition) is 2. The fourth-order valence-corrected chi connectivity index (χ4v) is 2.23. The third kappa shape index (κ3) is 2.60. The molecule has 0 heterocycles. The monoisotopic (exact) mass is 222 g/mol. The molecule has 88 valence electrons. The van der Waals surface area contributed by atoms with Crippen molar-refractivity contribution in [3.05, 3.63) is 35.6 Å². The lowest BCUT2D eigenvalue weighted by atomic mass is 10.1.